The summed E-state index contributed by atoms with van der Waals surface area (Å²) in [6.07, 6.45) is 2.33. The van der Waals surface area contributed by atoms with Gasteiger partial charge in [-0.3, -0.25) is 9.69 Å². The maximum absolute atomic E-state index is 13.0. The Balaban J connectivity index is 1.72. The van der Waals surface area contributed by atoms with Crippen molar-refractivity contribution in [3.63, 3.8) is 0 Å². The van der Waals surface area contributed by atoms with Gasteiger partial charge in [0.1, 0.15) is 5.75 Å². The van der Waals surface area contributed by atoms with E-state index in [1.807, 2.05) is 19.1 Å². The van der Waals surface area contributed by atoms with Crippen molar-refractivity contribution in [1.29, 1.82) is 0 Å². The summed E-state index contributed by atoms with van der Waals surface area (Å²) in [7, 11) is 1.67. The summed E-state index contributed by atoms with van der Waals surface area (Å²) in [5.41, 5.74) is 5.58. The van der Waals surface area contributed by atoms with Gasteiger partial charge in [-0.25, -0.2) is 0 Å². The average Bonchev–Trinajstić information content (AvgIpc) is 3.47. The van der Waals surface area contributed by atoms with Crippen LogP contribution in [0, 0.1) is 20.8 Å². The van der Waals surface area contributed by atoms with Gasteiger partial charge in [0.05, 0.1) is 13.2 Å². The normalized spacial score (nSPS) is 14.9. The summed E-state index contributed by atoms with van der Waals surface area (Å²) in [5.74, 6) is 0.915. The maximum atomic E-state index is 13.0. The molecule has 4 heteroatoms. The van der Waals surface area contributed by atoms with Crippen LogP contribution in [-0.4, -0.2) is 30.0 Å². The van der Waals surface area contributed by atoms with E-state index in [1.165, 1.54) is 11.1 Å². The van der Waals surface area contributed by atoms with Crippen LogP contribution in [0.15, 0.2) is 36.4 Å². The summed E-state index contributed by atoms with van der Waals surface area (Å²) in [6, 6.07) is 12.6. The minimum atomic E-state index is -0.181. The molecule has 0 radical (unpaired) electrons. The fraction of sp³-hybridized carbons (Fsp3) is 0.435. The molecule has 0 aliphatic heterocycles. The van der Waals surface area contributed by atoms with Crippen molar-refractivity contribution in [3.8, 4) is 5.75 Å². The third kappa shape index (κ3) is 4.69. The molecular formula is C23H30N2O2. The second-order valence-electron chi connectivity index (χ2n) is 7.69. The molecule has 1 N–H and O–H groups in total. The third-order valence-corrected chi connectivity index (χ3v) is 5.34. The molecule has 0 unspecified atom stereocenters. The highest BCUT2D eigenvalue weighted by atomic mass is 16.5. The first-order valence-corrected chi connectivity index (χ1v) is 9.66. The predicted octanol–water partition coefficient (Wildman–Crippen LogP) is 4.61. The van der Waals surface area contributed by atoms with E-state index >= 15 is 0 Å². The fourth-order valence-electron chi connectivity index (χ4n) is 3.69. The molecule has 1 aliphatic rings. The summed E-state index contributed by atoms with van der Waals surface area (Å²) in [5, 5.41) is 3.17. The van der Waals surface area contributed by atoms with Crippen molar-refractivity contribution < 1.29 is 9.53 Å². The maximum Gasteiger partial charge on any atom is 0.241 e. The van der Waals surface area contributed by atoms with Gasteiger partial charge in [-0.05, 0) is 69.4 Å². The van der Waals surface area contributed by atoms with E-state index in [2.05, 4.69) is 55.3 Å². The minimum absolute atomic E-state index is 0.0606. The predicted molar refractivity (Wildman–Crippen MR) is 110 cm³/mol. The molecule has 1 atom stereocenters. The van der Waals surface area contributed by atoms with Gasteiger partial charge in [-0.1, -0.05) is 29.8 Å². The number of amides is 1. The van der Waals surface area contributed by atoms with Crippen LogP contribution in [0.2, 0.25) is 0 Å². The van der Waals surface area contributed by atoms with E-state index in [1.54, 1.807) is 7.11 Å². The van der Waals surface area contributed by atoms with Gasteiger partial charge in [0.2, 0.25) is 5.91 Å². The van der Waals surface area contributed by atoms with Crippen molar-refractivity contribution in [2.45, 2.75) is 59.2 Å². The Labute approximate surface area is 162 Å². The molecule has 2 aromatic carbocycles. The first-order chi connectivity index (χ1) is 12.9. The molecular weight excluding hydrogens is 336 g/mol. The number of carbonyl (C=O) groups excluding carboxylic acids is 1. The molecule has 4 nitrogen and oxygen atoms in total. The van der Waals surface area contributed by atoms with Crippen LogP contribution in [0.4, 0.5) is 5.69 Å². The molecule has 1 saturated carbocycles. The Morgan fingerprint density at radius 3 is 2.26 bits per heavy atom. The number of ether oxygens (including phenoxy) is 1. The molecule has 3 rings (SSSR count). The van der Waals surface area contributed by atoms with Crippen molar-refractivity contribution in [2.75, 3.05) is 12.4 Å². The lowest BCUT2D eigenvalue weighted by atomic mass is 10.0. The highest BCUT2D eigenvalue weighted by Gasteiger charge is 2.35. The summed E-state index contributed by atoms with van der Waals surface area (Å²) < 4.78 is 5.24. The van der Waals surface area contributed by atoms with Crippen LogP contribution in [0.3, 0.4) is 0 Å². The highest BCUT2D eigenvalue weighted by molar-refractivity contribution is 5.96. The Bertz CT molecular complexity index is 787. The van der Waals surface area contributed by atoms with Crippen LogP contribution < -0.4 is 10.1 Å². The number of methoxy groups -OCH3 is 1. The van der Waals surface area contributed by atoms with Crippen molar-refractivity contribution >= 4 is 11.6 Å². The van der Waals surface area contributed by atoms with E-state index in [9.17, 15) is 4.79 Å². The molecule has 2 aromatic rings. The minimum Gasteiger partial charge on any atom is -0.497 e. The van der Waals surface area contributed by atoms with Crippen LogP contribution in [0.1, 0.15) is 42.0 Å². The first kappa shape index (κ1) is 19.4. The second-order valence-corrected chi connectivity index (χ2v) is 7.69. The Kier molecular flexibility index (Phi) is 5.85. The van der Waals surface area contributed by atoms with Crippen LogP contribution >= 0.6 is 0 Å². The van der Waals surface area contributed by atoms with Crippen LogP contribution in [0.25, 0.3) is 0 Å². The number of nitrogens with zero attached hydrogens (tertiary/aromatic N) is 1. The Hall–Kier alpha value is -2.33. The third-order valence-electron chi connectivity index (χ3n) is 5.34. The standard InChI is InChI=1S/C23H30N2O2/c1-15-12-16(2)22(17(3)13-15)24-23(26)18(4)25(20-8-9-20)14-19-6-10-21(27-5)11-7-19/h6-7,10-13,18,20H,8-9,14H2,1-5H3,(H,24,26)/t18-/m0/s1. The quantitative estimate of drug-likeness (QED) is 0.778. The van der Waals surface area contributed by atoms with Crippen LogP contribution in [-0.2, 0) is 11.3 Å². The number of rotatable bonds is 7. The summed E-state index contributed by atoms with van der Waals surface area (Å²) in [4.78, 5) is 15.3. The van der Waals surface area contributed by atoms with Gasteiger partial charge in [-0.15, -0.1) is 0 Å². The fourth-order valence-corrected chi connectivity index (χ4v) is 3.69. The molecule has 144 valence electrons. The SMILES string of the molecule is COc1ccc(CN(C2CC2)[C@@H](C)C(=O)Nc2c(C)cc(C)cc2C)cc1. The van der Waals surface area contributed by atoms with E-state index in [0.717, 1.165) is 42.0 Å². The van der Waals surface area contributed by atoms with Gasteiger partial charge >= 0.3 is 0 Å². The van der Waals surface area contributed by atoms with E-state index in [4.69, 9.17) is 4.74 Å². The number of benzene rings is 2. The van der Waals surface area contributed by atoms with Gasteiger partial charge in [-0.2, -0.15) is 0 Å². The molecule has 0 saturated heterocycles. The number of nitrogens with one attached hydrogen (secondary N) is 1. The van der Waals surface area contributed by atoms with Gasteiger partial charge in [0, 0.05) is 18.3 Å². The van der Waals surface area contributed by atoms with Gasteiger partial charge in [0.25, 0.3) is 0 Å². The zero-order chi connectivity index (χ0) is 19.6. The number of anilines is 1. The first-order valence-electron chi connectivity index (χ1n) is 9.66. The lowest BCUT2D eigenvalue weighted by molar-refractivity contribution is -0.121. The second kappa shape index (κ2) is 8.13. The largest absolute Gasteiger partial charge is 0.497 e. The monoisotopic (exact) mass is 366 g/mol. The number of hydrogen-bond donors (Lipinski definition) is 1. The van der Waals surface area contributed by atoms with Crippen molar-refractivity contribution in [1.82, 2.24) is 4.90 Å². The van der Waals surface area contributed by atoms with Gasteiger partial charge < -0.3 is 10.1 Å². The van der Waals surface area contributed by atoms with Crippen molar-refractivity contribution in [3.05, 3.63) is 58.7 Å². The molecule has 0 heterocycles. The number of aryl methyl sites for hydroxylation is 3. The molecule has 0 bridgehead atoms. The molecule has 27 heavy (non-hydrogen) atoms. The number of hydrogen-bond acceptors (Lipinski definition) is 3. The Morgan fingerprint density at radius 1 is 1.15 bits per heavy atom. The molecule has 1 aliphatic carbocycles. The van der Waals surface area contributed by atoms with E-state index in [0.29, 0.717) is 6.04 Å². The van der Waals surface area contributed by atoms with E-state index in [-0.39, 0.29) is 11.9 Å². The summed E-state index contributed by atoms with van der Waals surface area (Å²) >= 11 is 0. The summed E-state index contributed by atoms with van der Waals surface area (Å²) in [6.45, 7) is 8.97. The van der Waals surface area contributed by atoms with E-state index < -0.39 is 0 Å². The highest BCUT2D eigenvalue weighted by Crippen LogP contribution is 2.31. The average molecular weight is 367 g/mol. The molecule has 1 amide bonds. The number of carbonyl (C=O) groups is 1. The zero-order valence-electron chi connectivity index (χ0n) is 17.0. The molecule has 0 aromatic heterocycles. The van der Waals surface area contributed by atoms with Gasteiger partial charge in [0.15, 0.2) is 0 Å². The molecule has 0 spiro atoms. The zero-order valence-corrected chi connectivity index (χ0v) is 17.0. The lowest BCUT2D eigenvalue weighted by Crippen LogP contribution is -2.43. The smallest absolute Gasteiger partial charge is 0.241 e. The Morgan fingerprint density at radius 2 is 1.74 bits per heavy atom. The van der Waals surface area contributed by atoms with Crippen LogP contribution in [0.5, 0.6) is 5.75 Å². The van der Waals surface area contributed by atoms with Crippen molar-refractivity contribution in [2.24, 2.45) is 0 Å². The molecule has 1 fully saturated rings. The lowest BCUT2D eigenvalue weighted by Gasteiger charge is -2.29. The topological polar surface area (TPSA) is 41.6 Å².